The van der Waals surface area contributed by atoms with Gasteiger partial charge in [-0.3, -0.25) is 14.4 Å². The highest BCUT2D eigenvalue weighted by Gasteiger charge is 2.38. The summed E-state index contributed by atoms with van der Waals surface area (Å²) in [4.78, 5) is 135. The second kappa shape index (κ2) is 69.1. The summed E-state index contributed by atoms with van der Waals surface area (Å²) in [6.45, 7) is 14.2. The van der Waals surface area contributed by atoms with Crippen LogP contribution in [-0.4, -0.2) is 113 Å². The fraction of sp³-hybridized carbons (Fsp3) is 0.784. The third kappa shape index (κ3) is 45.6. The van der Waals surface area contributed by atoms with Gasteiger partial charge in [0.15, 0.2) is 5.78 Å². The van der Waals surface area contributed by atoms with Crippen LogP contribution in [0.1, 0.15) is 423 Å². The molecule has 19 nitrogen and oxygen atoms in total. The summed E-state index contributed by atoms with van der Waals surface area (Å²) in [5, 5.41) is 47.4. The van der Waals surface area contributed by atoms with Crippen LogP contribution < -0.4 is 0 Å². The quantitative estimate of drug-likeness (QED) is 0.0207. The molecule has 0 spiro atoms. The number of carbonyl (C=O) groups excluding carboxylic acids is 10. The van der Waals surface area contributed by atoms with Crippen molar-refractivity contribution in [2.45, 2.75) is 401 Å². The summed E-state index contributed by atoms with van der Waals surface area (Å²) in [6.07, 6.45) is 44.4. The predicted molar refractivity (Wildman–Crippen MR) is 421 cm³/mol. The van der Waals surface area contributed by atoms with E-state index in [2.05, 4.69) is 41.5 Å². The van der Waals surface area contributed by atoms with E-state index in [1.54, 1.807) is 6.92 Å². The maximum atomic E-state index is 15.7. The van der Waals surface area contributed by atoms with Crippen LogP contribution in [-0.2, 0) is 83.0 Å². The Hall–Kier alpha value is -6.13. The number of aromatic hydroxyl groups is 1. The number of aliphatic hydroxyl groups excluding tert-OH is 2. The zero-order chi connectivity index (χ0) is 79.5. The van der Waals surface area contributed by atoms with Crippen molar-refractivity contribution in [2.24, 2.45) is 11.8 Å². The van der Waals surface area contributed by atoms with Crippen LogP contribution in [0.15, 0.2) is 0 Å². The van der Waals surface area contributed by atoms with Gasteiger partial charge in [0.25, 0.3) is 0 Å². The molecule has 2 aromatic rings. The molecule has 0 saturated heterocycles. The number of fused-ring (bicyclic) bond motifs is 1. The number of benzene rings is 2. The Labute approximate surface area is 644 Å². The average Bonchev–Trinajstić information content (AvgIpc) is 0.714. The number of hydrogen-bond acceptors (Lipinski definition) is 18. The lowest BCUT2D eigenvalue weighted by Gasteiger charge is -2.27. The highest BCUT2D eigenvalue weighted by Crippen LogP contribution is 2.46. The number of aliphatic hydroxyl groups is 2. The molecule has 0 fully saturated rings. The molecule has 2 aromatic carbocycles. The molecule has 3 unspecified atom stereocenters. The Morgan fingerprint density at radius 3 is 0.991 bits per heavy atom. The first-order valence-electron chi connectivity index (χ1n) is 42.5. The number of carboxylic acid groups (broad SMARTS) is 1. The molecule has 0 aliphatic heterocycles. The lowest BCUT2D eigenvalue weighted by atomic mass is 9.77. The van der Waals surface area contributed by atoms with Crippen LogP contribution in [0.4, 0.5) is 0 Å². The van der Waals surface area contributed by atoms with Gasteiger partial charge >= 0.3 is 42.1 Å². The molecule has 0 amide bonds. The summed E-state index contributed by atoms with van der Waals surface area (Å²) in [5.41, 5.74) is -0.370. The van der Waals surface area contributed by atoms with Gasteiger partial charge in [-0.25, -0.2) is 19.2 Å². The van der Waals surface area contributed by atoms with Crippen LogP contribution in [0.3, 0.4) is 0 Å². The zero-order valence-corrected chi connectivity index (χ0v) is 67.9. The minimum Gasteiger partial charge on any atom is -0.507 e. The van der Waals surface area contributed by atoms with E-state index in [9.17, 15) is 39.6 Å². The van der Waals surface area contributed by atoms with Crippen molar-refractivity contribution in [3.8, 4) is 5.75 Å². The minimum atomic E-state index is -2.23. The first-order valence-corrected chi connectivity index (χ1v) is 42.5. The maximum Gasteiger partial charge on any atom is 0.373 e. The number of esters is 4. The highest BCUT2D eigenvalue weighted by molar-refractivity contribution is 6.22. The molecule has 0 aromatic heterocycles. The molecule has 0 heterocycles. The van der Waals surface area contributed by atoms with E-state index in [0.717, 1.165) is 231 Å². The van der Waals surface area contributed by atoms with Gasteiger partial charge in [0.2, 0.25) is 6.10 Å². The SMILES string of the molecule is CCCCCCCCCCOC(=O)CC(C)C(CO)C(=O)Cc1c(CCC(=O)C(O)C(=O)OCCCCCCCCCC)c(O)c2c(C(=O)OCCCCCCCCCC)c(CCCCCCCCCC)c(CCCCCCCCCC)c(C(=O)OCCCCCCCCCC)c2c1C(=O)O.O=C=O.O=C=O. The second-order valence-electron chi connectivity index (χ2n) is 29.6. The number of carbonyl (C=O) groups is 7. The standard InChI is InChI=1S/C86H146O15.2CO2/c1-8-14-20-26-32-38-44-50-56-68-69(57-51-45-39-33-27-21-15-9-2)78(85(96)100-62-54-48-42-36-30-24-18-12-5)80-79(77(68)84(95)99-61-53-47-41-35-29-23-17-11-4)76(83(93)94)71(65-74(89)72(66-87)67(7)64-75(90)98-60-52-46-40-34-28-22-16-10-3)70(81(80)91)58-59-73(88)82(92)86(97)101-63-55-49-43-37-31-25-19-13-6;2*2-1-3/h67,72,82,87,91-92H,8-66H2,1-7H3,(H,93,94);;. The van der Waals surface area contributed by atoms with Gasteiger partial charge in [-0.1, -0.05) is 318 Å². The zero-order valence-electron chi connectivity index (χ0n) is 67.9. The fourth-order valence-electron chi connectivity index (χ4n) is 14.3. The Morgan fingerprint density at radius 1 is 0.364 bits per heavy atom. The average molecular weight is 1510 g/mol. The Kier molecular flexibility index (Phi) is 65.1. The van der Waals surface area contributed by atoms with E-state index in [-0.39, 0.29) is 91.0 Å². The number of ketones is 2. The molecule has 3 atom stereocenters. The van der Waals surface area contributed by atoms with Gasteiger partial charge in [0, 0.05) is 36.0 Å². The lowest BCUT2D eigenvalue weighted by Crippen LogP contribution is -2.32. The molecule has 107 heavy (non-hydrogen) atoms. The maximum absolute atomic E-state index is 15.7. The van der Waals surface area contributed by atoms with E-state index >= 15 is 14.4 Å². The predicted octanol–water partition coefficient (Wildman–Crippen LogP) is 21.0. The molecule has 0 saturated carbocycles. The molecule has 0 bridgehead atoms. The number of rotatable bonds is 69. The van der Waals surface area contributed by atoms with Crippen molar-refractivity contribution < 1.29 is 92.1 Å². The van der Waals surface area contributed by atoms with Crippen LogP contribution in [0.2, 0.25) is 0 Å². The van der Waals surface area contributed by atoms with Crippen molar-refractivity contribution in [1.29, 1.82) is 0 Å². The number of hydrogen-bond donors (Lipinski definition) is 4. The number of ether oxygens (including phenoxy) is 4. The van der Waals surface area contributed by atoms with Crippen LogP contribution >= 0.6 is 0 Å². The Bertz CT molecular complexity index is 2760. The lowest BCUT2D eigenvalue weighted by molar-refractivity contribution is -0.193. The van der Waals surface area contributed by atoms with Crippen molar-refractivity contribution in [1.82, 2.24) is 0 Å². The third-order valence-electron chi connectivity index (χ3n) is 20.6. The van der Waals surface area contributed by atoms with Crippen LogP contribution in [0.5, 0.6) is 5.75 Å². The van der Waals surface area contributed by atoms with Gasteiger partial charge in [-0.15, -0.1) is 0 Å². The smallest absolute Gasteiger partial charge is 0.373 e. The molecule has 0 radical (unpaired) electrons. The molecular formula is C88H146O19. The number of phenolic OH excluding ortho intramolecular Hbond substituents is 1. The summed E-state index contributed by atoms with van der Waals surface area (Å²) in [7, 11) is 0. The molecule has 4 N–H and O–H groups in total. The number of phenols is 1. The first kappa shape index (κ1) is 101. The fourth-order valence-corrected chi connectivity index (χ4v) is 14.3. The monoisotopic (exact) mass is 1510 g/mol. The van der Waals surface area contributed by atoms with E-state index < -0.39 is 96.5 Å². The van der Waals surface area contributed by atoms with Gasteiger partial charge < -0.3 is 39.4 Å². The molecule has 612 valence electrons. The van der Waals surface area contributed by atoms with Gasteiger partial charge in [-0.05, 0) is 86.0 Å². The van der Waals surface area contributed by atoms with E-state index in [1.165, 1.54) is 38.5 Å². The van der Waals surface area contributed by atoms with Crippen molar-refractivity contribution >= 4 is 64.5 Å². The molecule has 0 aliphatic rings. The Morgan fingerprint density at radius 2 is 0.664 bits per heavy atom. The normalized spacial score (nSPS) is 11.9. The Balaban J connectivity index is 0.0000181. The van der Waals surface area contributed by atoms with E-state index in [1.807, 2.05) is 0 Å². The molecular weight excluding hydrogens is 1360 g/mol. The van der Waals surface area contributed by atoms with Crippen molar-refractivity contribution in [3.63, 3.8) is 0 Å². The largest absolute Gasteiger partial charge is 0.507 e. The van der Waals surface area contributed by atoms with E-state index in [0.29, 0.717) is 49.7 Å². The summed E-state index contributed by atoms with van der Waals surface area (Å²) >= 11 is 0. The topological polar surface area (TPSA) is 306 Å². The second-order valence-corrected chi connectivity index (χ2v) is 29.6. The first-order chi connectivity index (χ1) is 51.9. The van der Waals surface area contributed by atoms with Gasteiger partial charge in [-0.2, -0.15) is 19.2 Å². The van der Waals surface area contributed by atoms with Crippen molar-refractivity contribution in [2.75, 3.05) is 33.0 Å². The molecule has 0 aliphatic carbocycles. The number of unbranched alkanes of at least 4 members (excludes halogenated alkanes) is 42. The van der Waals surface area contributed by atoms with Crippen molar-refractivity contribution in [3.05, 3.63) is 38.9 Å². The number of Topliss-reactive ketones (excluding diaryl/α,β-unsaturated/α-hetero) is 2. The van der Waals surface area contributed by atoms with Gasteiger partial charge in [0.05, 0.1) is 49.7 Å². The summed E-state index contributed by atoms with van der Waals surface area (Å²) < 4.78 is 23.6. The minimum absolute atomic E-state index is 0.0105. The van der Waals surface area contributed by atoms with Crippen LogP contribution in [0, 0.1) is 11.8 Å². The highest BCUT2D eigenvalue weighted by atomic mass is 16.6. The van der Waals surface area contributed by atoms with E-state index in [4.69, 9.17) is 38.1 Å². The summed E-state index contributed by atoms with van der Waals surface area (Å²) in [5.74, 6) is -9.33. The molecule has 2 rings (SSSR count). The summed E-state index contributed by atoms with van der Waals surface area (Å²) in [6, 6.07) is 0. The van der Waals surface area contributed by atoms with Crippen LogP contribution in [0.25, 0.3) is 10.8 Å². The third-order valence-corrected chi connectivity index (χ3v) is 20.6. The number of carboxylic acids is 1. The van der Waals surface area contributed by atoms with Gasteiger partial charge in [0.1, 0.15) is 11.5 Å². The molecule has 19 heteroatoms. The number of aromatic carboxylic acids is 1.